The molecule has 0 fully saturated rings. The van der Waals surface area contributed by atoms with Crippen molar-refractivity contribution in [2.45, 2.75) is 0 Å². The zero-order valence-corrected chi connectivity index (χ0v) is 27.4. The molecule has 0 aliphatic heterocycles. The van der Waals surface area contributed by atoms with E-state index in [1.54, 1.807) is 0 Å². The van der Waals surface area contributed by atoms with Gasteiger partial charge in [-0.15, -0.1) is 0 Å². The molecule has 0 rings (SSSR count). The Balaban J connectivity index is -0.0000000186. The van der Waals surface area contributed by atoms with Gasteiger partial charge in [-0.3, -0.25) is 0 Å². The number of hydrogen-bond acceptors (Lipinski definition) is 18. The molecule has 0 atom stereocenters. The van der Waals surface area contributed by atoms with Crippen molar-refractivity contribution in [1.82, 2.24) is 0 Å². The second kappa shape index (κ2) is 34.5. The topological polar surface area (TPSA) is 415 Å². The van der Waals surface area contributed by atoms with Gasteiger partial charge in [0.25, 0.3) is 0 Å². The third kappa shape index (κ3) is 4570. The van der Waals surface area contributed by atoms with E-state index in [1.807, 2.05) is 0 Å². The maximum absolute atomic E-state index is 10.2. The van der Waals surface area contributed by atoms with E-state index in [0.717, 1.165) is 0 Å². The summed E-state index contributed by atoms with van der Waals surface area (Å²) < 4.78 is 61.0. The summed E-state index contributed by atoms with van der Waals surface area (Å²) in [6.07, 6.45) is 0. The molecule has 0 saturated heterocycles. The summed E-state index contributed by atoms with van der Waals surface area (Å²) in [6.45, 7) is 0. The minimum Gasteiger partial charge on any atom is -0.857 e. The van der Waals surface area contributed by atoms with E-state index in [0.29, 0.717) is 0 Å². The zero-order chi connectivity index (χ0) is 27.0. The van der Waals surface area contributed by atoms with Crippen molar-refractivity contribution in [3.63, 3.8) is 0 Å². The molecule has 222 valence electrons. The Labute approximate surface area is 266 Å². The van der Waals surface area contributed by atoms with E-state index in [4.69, 9.17) is 86.3 Å². The van der Waals surface area contributed by atoms with Crippen LogP contribution in [0.2, 0.25) is 0 Å². The molecule has 6 radical (unpaired) electrons. The van der Waals surface area contributed by atoms with Gasteiger partial charge in [-0.1, -0.05) is 54.8 Å². The molecule has 0 bridgehead atoms. The Morgan fingerprint density at radius 3 is 0.194 bits per heavy atom. The third-order valence-corrected chi connectivity index (χ3v) is 0. The first-order valence-electron chi connectivity index (χ1n) is 4.81. The Bertz CT molecular complexity index is 251. The fourth-order valence-corrected chi connectivity index (χ4v) is 0. The quantitative estimate of drug-likeness (QED) is 0.124. The average molecular weight is 906 g/mol. The molecule has 0 unspecified atom stereocenters. The van der Waals surface area contributed by atoms with Gasteiger partial charge >= 0.3 is 102 Å². The van der Waals surface area contributed by atoms with Gasteiger partial charge in [0.15, 0.2) is 0 Å². The van der Waals surface area contributed by atoms with Crippen LogP contribution in [0.1, 0.15) is 0 Å². The molecular weight excluding hydrogens is 906 g/mol. The molecular formula is F6Fe6O18Si6. The van der Waals surface area contributed by atoms with Gasteiger partial charge in [0.05, 0.1) is 0 Å². The van der Waals surface area contributed by atoms with Crippen LogP contribution in [0.3, 0.4) is 0 Å². The van der Waals surface area contributed by atoms with Gasteiger partial charge in [-0.2, -0.15) is 0 Å². The Morgan fingerprint density at radius 2 is 0.194 bits per heavy atom. The van der Waals surface area contributed by atoms with Crippen molar-refractivity contribution in [3.8, 4) is 0 Å². The third-order valence-electron chi connectivity index (χ3n) is 0. The molecule has 0 aliphatic rings. The van der Waals surface area contributed by atoms with Gasteiger partial charge in [-0.05, 0) is 0 Å². The minimum atomic E-state index is -5.86. The van der Waals surface area contributed by atoms with Crippen molar-refractivity contribution in [1.29, 1.82) is 0 Å². The van der Waals surface area contributed by atoms with Crippen molar-refractivity contribution in [2.24, 2.45) is 0 Å². The van der Waals surface area contributed by atoms with Crippen LogP contribution in [0, 0.1) is 0 Å². The average Bonchev–Trinajstić information content (AvgIpc) is 1.94. The van der Waals surface area contributed by atoms with Gasteiger partial charge in [-0.25, -0.2) is 0 Å². The molecule has 0 aromatic heterocycles. The Hall–Kier alpha value is 3.28. The smallest absolute Gasteiger partial charge is 0.857 e. The summed E-state index contributed by atoms with van der Waals surface area (Å²) in [5, 5.41) is 0. The summed E-state index contributed by atoms with van der Waals surface area (Å²) in [5.41, 5.74) is 0. The second-order valence-electron chi connectivity index (χ2n) is 2.89. The molecule has 0 heterocycles. The molecule has 0 aromatic rings. The molecule has 36 heavy (non-hydrogen) atoms. The van der Waals surface area contributed by atoms with E-state index in [2.05, 4.69) is 0 Å². The van der Waals surface area contributed by atoms with Crippen LogP contribution in [-0.4, -0.2) is 54.8 Å². The number of halogens is 6. The number of hydrogen-bond donors (Lipinski definition) is 0. The zero-order valence-electron chi connectivity index (χ0n) is 14.7. The van der Waals surface area contributed by atoms with E-state index in [-0.39, 0.29) is 102 Å². The van der Waals surface area contributed by atoms with Crippen molar-refractivity contribution < 1.29 is 213 Å². The van der Waals surface area contributed by atoms with Crippen molar-refractivity contribution in [2.75, 3.05) is 0 Å². The van der Waals surface area contributed by atoms with E-state index < -0.39 is 54.8 Å². The Kier molecular flexibility index (Phi) is 74.1. The largest absolute Gasteiger partial charge is 3.00 e. The van der Waals surface area contributed by atoms with Gasteiger partial charge < -0.3 is 111 Å². The summed E-state index contributed by atoms with van der Waals surface area (Å²) in [4.78, 5) is 152. The molecule has 0 N–H and O–H groups in total. The van der Waals surface area contributed by atoms with E-state index in [1.165, 1.54) is 0 Å². The molecule has 0 aliphatic carbocycles. The molecule has 0 spiro atoms. The monoisotopic (exact) mass is 905 g/mol. The SMILES string of the molecule is [Fe+3].[Fe+3].[Fe+3].[Fe+3].[Fe+3].[Fe+3].[O-][Si]([O-])([O-])F.[O-][Si]([O-])([O-])F.[O-][Si]([O-])([O-])F.[O-][Si]([O-])([O-])F.[O-][Si]([O-])([O-])F.[O-][Si]([O-])([O-])F. The van der Waals surface area contributed by atoms with Crippen LogP contribution in [0.4, 0.5) is 24.6 Å². The normalized spacial score (nSPS) is 10.0. The molecule has 0 amide bonds. The first-order valence-corrected chi connectivity index (χ1v) is 14.4. The molecule has 0 aromatic carbocycles. The second-order valence-corrected chi connectivity index (χ2v) is 8.67. The van der Waals surface area contributed by atoms with Crippen LogP contribution >= 0.6 is 0 Å². The van der Waals surface area contributed by atoms with E-state index >= 15 is 0 Å². The predicted octanol–water partition coefficient (Wildman–Crippen LogP) is -21.2. The van der Waals surface area contributed by atoms with Crippen molar-refractivity contribution in [3.05, 3.63) is 0 Å². The molecule has 36 heteroatoms. The van der Waals surface area contributed by atoms with Gasteiger partial charge in [0.1, 0.15) is 0 Å². The van der Waals surface area contributed by atoms with Crippen LogP contribution in [0.25, 0.3) is 0 Å². The summed E-state index contributed by atoms with van der Waals surface area (Å²) >= 11 is 0. The van der Waals surface area contributed by atoms with Crippen molar-refractivity contribution >= 4 is 54.8 Å². The molecule has 18 nitrogen and oxygen atoms in total. The fourth-order valence-electron chi connectivity index (χ4n) is 0. The standard InChI is InChI=1S/6FO3Si.6Fe/c6*1-5(2,3)4;;;;;;/q6*-3;6*+3. The first kappa shape index (κ1) is 77.3. The number of rotatable bonds is 0. The van der Waals surface area contributed by atoms with Crippen LogP contribution in [0.15, 0.2) is 0 Å². The van der Waals surface area contributed by atoms with Gasteiger partial charge in [0.2, 0.25) is 0 Å². The fraction of sp³-hybridized carbons (Fsp3) is 0. The van der Waals surface area contributed by atoms with E-state index in [9.17, 15) is 24.6 Å². The predicted molar refractivity (Wildman–Crippen MR) is 41.2 cm³/mol. The maximum atomic E-state index is 10.2. The maximum Gasteiger partial charge on any atom is 3.00 e. The minimum absolute atomic E-state index is 0. The van der Waals surface area contributed by atoms with Gasteiger partial charge in [0, 0.05) is 0 Å². The summed E-state index contributed by atoms with van der Waals surface area (Å²) in [5.74, 6) is 0. The van der Waals surface area contributed by atoms with Crippen LogP contribution in [-0.2, 0) is 102 Å². The summed E-state index contributed by atoms with van der Waals surface area (Å²) in [6, 6.07) is 0. The first-order chi connectivity index (χ1) is 12.0. The summed E-state index contributed by atoms with van der Waals surface area (Å²) in [7, 11) is -35.2. The van der Waals surface area contributed by atoms with Crippen LogP contribution < -0.4 is 86.3 Å². The van der Waals surface area contributed by atoms with Crippen LogP contribution in [0.5, 0.6) is 0 Å². The molecule has 0 saturated carbocycles. The Morgan fingerprint density at radius 1 is 0.194 bits per heavy atom.